The number of nitrogens with zero attached hydrogens (tertiary/aromatic N) is 7. The summed E-state index contributed by atoms with van der Waals surface area (Å²) in [5, 5.41) is 14.5. The van der Waals surface area contributed by atoms with E-state index in [9.17, 15) is 0 Å². The number of piperazine rings is 1. The van der Waals surface area contributed by atoms with Crippen LogP contribution in [0.3, 0.4) is 0 Å². The van der Waals surface area contributed by atoms with E-state index in [4.69, 9.17) is 14.8 Å². The van der Waals surface area contributed by atoms with Crippen molar-refractivity contribution in [3.8, 4) is 27.7 Å². The Labute approximate surface area is 203 Å². The maximum absolute atomic E-state index is 5.56. The van der Waals surface area contributed by atoms with Crippen molar-refractivity contribution in [2.24, 2.45) is 0 Å². The lowest BCUT2D eigenvalue weighted by atomic mass is 9.97. The molecule has 4 aromatic heterocycles. The van der Waals surface area contributed by atoms with Crippen LogP contribution < -0.4 is 9.64 Å². The third kappa shape index (κ3) is 3.94. The van der Waals surface area contributed by atoms with Crippen LogP contribution in [-0.4, -0.2) is 73.5 Å². The molecule has 0 spiro atoms. The highest BCUT2D eigenvalue weighted by molar-refractivity contribution is 7.18. The second-order valence-electron chi connectivity index (χ2n) is 9.48. The van der Waals surface area contributed by atoms with Gasteiger partial charge in [-0.2, -0.15) is 10.2 Å². The Morgan fingerprint density at radius 2 is 2.00 bits per heavy atom. The molecule has 9 nitrogen and oxygen atoms in total. The number of anilines is 1. The number of hydrogen-bond donors (Lipinski definition) is 1. The van der Waals surface area contributed by atoms with Gasteiger partial charge in [-0.15, -0.1) is 0 Å². The summed E-state index contributed by atoms with van der Waals surface area (Å²) in [5.41, 5.74) is 4.62. The minimum Gasteiger partial charge on any atom is -0.493 e. The second kappa shape index (κ2) is 8.99. The van der Waals surface area contributed by atoms with Crippen LogP contribution >= 0.6 is 11.3 Å². The largest absolute Gasteiger partial charge is 0.493 e. The predicted octanol–water partition coefficient (Wildman–Crippen LogP) is 4.29. The first-order chi connectivity index (χ1) is 16.4. The van der Waals surface area contributed by atoms with Gasteiger partial charge in [0.05, 0.1) is 24.7 Å². The van der Waals surface area contributed by atoms with Crippen molar-refractivity contribution in [3.05, 3.63) is 30.4 Å². The van der Waals surface area contributed by atoms with E-state index in [-0.39, 0.29) is 5.92 Å². The molecule has 0 aliphatic carbocycles. The standard InChI is InChI=1S/C24H32N8OS/c1-14(2)20-21(17-9-18(33-6)23-26-13-27-32(23)12-17)28-29-22(20)24-25-10-19(34-24)31-8-7-30(15(3)4)11-16(31)5/h9-10,12-16H,7-8,11H2,1-6H3,(H,28,29). The molecule has 1 fully saturated rings. The van der Waals surface area contributed by atoms with Crippen molar-refractivity contribution in [1.82, 2.24) is 34.7 Å². The zero-order valence-electron chi connectivity index (χ0n) is 20.6. The van der Waals surface area contributed by atoms with E-state index in [2.05, 4.69) is 59.6 Å². The van der Waals surface area contributed by atoms with E-state index in [1.165, 1.54) is 11.3 Å². The molecule has 0 amide bonds. The third-order valence-electron chi connectivity index (χ3n) is 6.60. The highest BCUT2D eigenvalue weighted by Crippen LogP contribution is 2.40. The van der Waals surface area contributed by atoms with Gasteiger partial charge in [-0.3, -0.25) is 10.00 Å². The molecular formula is C24H32N8OS. The number of aromatic nitrogens is 6. The molecule has 0 saturated carbocycles. The van der Waals surface area contributed by atoms with Gasteiger partial charge in [0, 0.05) is 49.0 Å². The molecule has 1 aliphatic rings. The summed E-state index contributed by atoms with van der Waals surface area (Å²) in [5.74, 6) is 0.919. The Bertz CT molecular complexity index is 1290. The minimum absolute atomic E-state index is 0.252. The topological polar surface area (TPSA) is 87.5 Å². The molecule has 10 heteroatoms. The lowest BCUT2D eigenvalue weighted by molar-refractivity contribution is 0.186. The summed E-state index contributed by atoms with van der Waals surface area (Å²) >= 11 is 1.73. The molecule has 1 saturated heterocycles. The fourth-order valence-electron chi connectivity index (χ4n) is 4.77. The number of rotatable bonds is 6. The normalized spacial score (nSPS) is 17.4. The Balaban J connectivity index is 1.49. The molecule has 1 unspecified atom stereocenters. The first-order valence-corrected chi connectivity index (χ1v) is 12.6. The zero-order chi connectivity index (χ0) is 24.0. The number of methoxy groups -OCH3 is 1. The van der Waals surface area contributed by atoms with Crippen LogP contribution in [0.15, 0.2) is 24.8 Å². The summed E-state index contributed by atoms with van der Waals surface area (Å²) in [4.78, 5) is 14.1. The highest BCUT2D eigenvalue weighted by atomic mass is 32.1. The van der Waals surface area contributed by atoms with Gasteiger partial charge in [0.15, 0.2) is 11.4 Å². The minimum atomic E-state index is 0.252. The Kier molecular flexibility index (Phi) is 6.03. The van der Waals surface area contributed by atoms with Crippen molar-refractivity contribution in [2.75, 3.05) is 31.6 Å². The average molecular weight is 481 g/mol. The average Bonchev–Trinajstić information content (AvgIpc) is 3.56. The predicted molar refractivity (Wildman–Crippen MR) is 136 cm³/mol. The van der Waals surface area contributed by atoms with Gasteiger partial charge in [0.1, 0.15) is 16.3 Å². The van der Waals surface area contributed by atoms with Gasteiger partial charge in [0.2, 0.25) is 0 Å². The lowest BCUT2D eigenvalue weighted by Crippen LogP contribution is -2.53. The van der Waals surface area contributed by atoms with Crippen molar-refractivity contribution in [3.63, 3.8) is 0 Å². The third-order valence-corrected chi connectivity index (χ3v) is 7.65. The van der Waals surface area contributed by atoms with Crippen LogP contribution in [0.25, 0.3) is 27.6 Å². The van der Waals surface area contributed by atoms with Gasteiger partial charge < -0.3 is 9.64 Å². The Hall–Kier alpha value is -2.98. The van der Waals surface area contributed by atoms with Crippen LogP contribution in [0.2, 0.25) is 0 Å². The van der Waals surface area contributed by atoms with E-state index < -0.39 is 0 Å². The monoisotopic (exact) mass is 480 g/mol. The number of H-pyrrole nitrogens is 1. The highest BCUT2D eigenvalue weighted by Gasteiger charge is 2.28. The maximum atomic E-state index is 5.56. The van der Waals surface area contributed by atoms with E-state index in [0.717, 1.165) is 47.2 Å². The molecule has 1 N–H and O–H groups in total. The zero-order valence-corrected chi connectivity index (χ0v) is 21.4. The summed E-state index contributed by atoms with van der Waals surface area (Å²) in [7, 11) is 1.65. The Morgan fingerprint density at radius 1 is 1.18 bits per heavy atom. The van der Waals surface area contributed by atoms with Crippen molar-refractivity contribution in [2.45, 2.75) is 52.6 Å². The Morgan fingerprint density at radius 3 is 2.71 bits per heavy atom. The van der Waals surface area contributed by atoms with Crippen molar-refractivity contribution in [1.29, 1.82) is 0 Å². The van der Waals surface area contributed by atoms with Crippen LogP contribution in [0.5, 0.6) is 5.75 Å². The molecule has 0 bridgehead atoms. The molecular weight excluding hydrogens is 448 g/mol. The van der Waals surface area contributed by atoms with Crippen LogP contribution in [0.4, 0.5) is 5.00 Å². The quantitative estimate of drug-likeness (QED) is 0.440. The van der Waals surface area contributed by atoms with Gasteiger partial charge in [0.25, 0.3) is 0 Å². The van der Waals surface area contributed by atoms with Crippen LogP contribution in [-0.2, 0) is 0 Å². The molecule has 0 aromatic carbocycles. The van der Waals surface area contributed by atoms with Crippen LogP contribution in [0.1, 0.15) is 46.1 Å². The van der Waals surface area contributed by atoms with E-state index in [0.29, 0.717) is 23.5 Å². The van der Waals surface area contributed by atoms with Gasteiger partial charge in [-0.25, -0.2) is 14.5 Å². The number of fused-ring (bicyclic) bond motifs is 1. The number of ether oxygens (including phenoxy) is 1. The molecule has 5 rings (SSSR count). The van der Waals surface area contributed by atoms with Gasteiger partial charge in [-0.05, 0) is 32.8 Å². The molecule has 180 valence electrons. The maximum Gasteiger partial charge on any atom is 0.197 e. The van der Waals surface area contributed by atoms with Crippen molar-refractivity contribution >= 4 is 22.0 Å². The van der Waals surface area contributed by atoms with Crippen LogP contribution in [0, 0.1) is 0 Å². The van der Waals surface area contributed by atoms with E-state index in [1.807, 2.05) is 18.5 Å². The summed E-state index contributed by atoms with van der Waals surface area (Å²) in [6, 6.07) is 3.00. The molecule has 0 radical (unpaired) electrons. The number of thiazole rings is 1. The summed E-state index contributed by atoms with van der Waals surface area (Å²) in [6.07, 6.45) is 5.48. The van der Waals surface area contributed by atoms with Gasteiger partial charge >= 0.3 is 0 Å². The first-order valence-electron chi connectivity index (χ1n) is 11.8. The fraction of sp³-hybridized carbons (Fsp3) is 0.500. The molecule has 1 aliphatic heterocycles. The fourth-order valence-corrected chi connectivity index (χ4v) is 5.82. The summed E-state index contributed by atoms with van der Waals surface area (Å²) in [6.45, 7) is 14.4. The number of aromatic amines is 1. The SMILES string of the molecule is COc1cc(-c2n[nH]c(-c3ncc(N4CCN(C(C)C)CC4C)s3)c2C(C)C)cn2ncnc12. The molecule has 34 heavy (non-hydrogen) atoms. The first kappa shape index (κ1) is 22.8. The summed E-state index contributed by atoms with van der Waals surface area (Å²) < 4.78 is 7.29. The lowest BCUT2D eigenvalue weighted by Gasteiger charge is -2.42. The number of nitrogens with one attached hydrogen (secondary N) is 1. The second-order valence-corrected chi connectivity index (χ2v) is 10.5. The van der Waals surface area contributed by atoms with Gasteiger partial charge in [-0.1, -0.05) is 25.2 Å². The van der Waals surface area contributed by atoms with E-state index >= 15 is 0 Å². The smallest absolute Gasteiger partial charge is 0.197 e. The number of hydrogen-bond acceptors (Lipinski definition) is 8. The molecule has 5 heterocycles. The van der Waals surface area contributed by atoms with E-state index in [1.54, 1.807) is 23.0 Å². The number of pyridine rings is 1. The molecule has 4 aromatic rings. The molecule has 1 atom stereocenters. The van der Waals surface area contributed by atoms with Crippen molar-refractivity contribution < 1.29 is 4.74 Å².